The number of carbonyl (C=O) groups is 2. The summed E-state index contributed by atoms with van der Waals surface area (Å²) in [6.07, 6.45) is -0.443. The van der Waals surface area contributed by atoms with E-state index in [1.165, 1.54) is 44.8 Å². The van der Waals surface area contributed by atoms with Gasteiger partial charge < -0.3 is 9.64 Å². The maximum Gasteiger partial charge on any atom is 0.409 e. The fourth-order valence-corrected chi connectivity index (χ4v) is 6.37. The molecular weight excluding hydrogens is 500 g/mol. The summed E-state index contributed by atoms with van der Waals surface area (Å²) < 4.78 is 33.1. The molecule has 1 aromatic heterocycles. The third-order valence-corrected chi connectivity index (χ3v) is 8.44. The van der Waals surface area contributed by atoms with E-state index in [1.807, 2.05) is 13.0 Å². The van der Waals surface area contributed by atoms with E-state index in [9.17, 15) is 18.0 Å². The number of amides is 2. The standard InChI is InChI=1S/C22H23ClN4O5S2/c1-3-32-22(29)26-8-10-27(11-9-26)34(30,31)17-6-4-15(5-7-17)20(28)25-21-24-19-14(2)12-16(23)13-18(19)33-21/h4-7,12-13H,3,8-11H2,1-2H3,(H,24,25,28). The number of rotatable bonds is 5. The van der Waals surface area contributed by atoms with Crippen molar-refractivity contribution in [3.05, 3.63) is 52.5 Å². The van der Waals surface area contributed by atoms with Crippen LogP contribution in [0.15, 0.2) is 41.3 Å². The molecule has 0 bridgehead atoms. The third kappa shape index (κ3) is 5.02. The highest BCUT2D eigenvalue weighted by atomic mass is 35.5. The van der Waals surface area contributed by atoms with Crippen molar-refractivity contribution >= 4 is 60.3 Å². The molecule has 0 aliphatic carbocycles. The number of thiazole rings is 1. The molecule has 4 rings (SSSR count). The number of anilines is 1. The minimum absolute atomic E-state index is 0.0823. The van der Waals surface area contributed by atoms with Gasteiger partial charge in [0.05, 0.1) is 21.7 Å². The minimum Gasteiger partial charge on any atom is -0.450 e. The van der Waals surface area contributed by atoms with Crippen LogP contribution >= 0.6 is 22.9 Å². The molecule has 1 aliphatic rings. The van der Waals surface area contributed by atoms with E-state index in [1.54, 1.807) is 13.0 Å². The molecular formula is C22H23ClN4O5S2. The van der Waals surface area contributed by atoms with Gasteiger partial charge in [0.15, 0.2) is 5.13 Å². The van der Waals surface area contributed by atoms with Crippen molar-refractivity contribution in [2.24, 2.45) is 0 Å². The van der Waals surface area contributed by atoms with E-state index in [2.05, 4.69) is 10.3 Å². The molecule has 2 amide bonds. The van der Waals surface area contributed by atoms with Crippen molar-refractivity contribution in [2.75, 3.05) is 38.1 Å². The molecule has 0 radical (unpaired) electrons. The van der Waals surface area contributed by atoms with Gasteiger partial charge in [0, 0.05) is 36.8 Å². The van der Waals surface area contributed by atoms with Gasteiger partial charge in [-0.1, -0.05) is 22.9 Å². The fraction of sp³-hybridized carbons (Fsp3) is 0.318. The highest BCUT2D eigenvalue weighted by molar-refractivity contribution is 7.89. The van der Waals surface area contributed by atoms with Crippen LogP contribution in [-0.4, -0.2) is 67.4 Å². The monoisotopic (exact) mass is 522 g/mol. The van der Waals surface area contributed by atoms with E-state index in [0.717, 1.165) is 15.8 Å². The number of benzene rings is 2. The molecule has 0 spiro atoms. The van der Waals surface area contributed by atoms with Crippen molar-refractivity contribution < 1.29 is 22.7 Å². The number of halogens is 1. The van der Waals surface area contributed by atoms with Crippen LogP contribution < -0.4 is 5.32 Å². The first-order valence-corrected chi connectivity index (χ1v) is 13.2. The van der Waals surface area contributed by atoms with Gasteiger partial charge in [-0.05, 0) is 55.8 Å². The SMILES string of the molecule is CCOC(=O)N1CCN(S(=O)(=O)c2ccc(C(=O)Nc3nc4c(C)cc(Cl)cc4s3)cc2)CC1. The molecule has 1 fully saturated rings. The van der Waals surface area contributed by atoms with Gasteiger partial charge in [-0.3, -0.25) is 10.1 Å². The van der Waals surface area contributed by atoms with Crippen LogP contribution in [0.25, 0.3) is 10.2 Å². The van der Waals surface area contributed by atoms with Crippen LogP contribution in [0.2, 0.25) is 5.02 Å². The van der Waals surface area contributed by atoms with Crippen molar-refractivity contribution in [2.45, 2.75) is 18.7 Å². The lowest BCUT2D eigenvalue weighted by Gasteiger charge is -2.33. The molecule has 2 heterocycles. The van der Waals surface area contributed by atoms with Gasteiger partial charge in [0.25, 0.3) is 5.91 Å². The van der Waals surface area contributed by atoms with Gasteiger partial charge in [-0.2, -0.15) is 4.31 Å². The van der Waals surface area contributed by atoms with Gasteiger partial charge in [0.2, 0.25) is 10.0 Å². The van der Waals surface area contributed by atoms with E-state index in [4.69, 9.17) is 16.3 Å². The molecule has 3 aromatic rings. The molecule has 0 unspecified atom stereocenters. The van der Waals surface area contributed by atoms with Gasteiger partial charge in [-0.15, -0.1) is 0 Å². The number of hydrogen-bond donors (Lipinski definition) is 1. The Balaban J connectivity index is 1.43. The Morgan fingerprint density at radius 3 is 2.47 bits per heavy atom. The number of ether oxygens (including phenoxy) is 1. The summed E-state index contributed by atoms with van der Waals surface area (Å²) in [4.78, 5) is 30.5. The Hall–Kier alpha value is -2.73. The topological polar surface area (TPSA) is 109 Å². The summed E-state index contributed by atoms with van der Waals surface area (Å²) >= 11 is 7.41. The molecule has 2 aromatic carbocycles. The third-order valence-electron chi connectivity index (χ3n) is 5.39. The number of piperazine rings is 1. The lowest BCUT2D eigenvalue weighted by Crippen LogP contribution is -2.50. The Kier molecular flexibility index (Phi) is 7.08. The van der Waals surface area contributed by atoms with Crippen molar-refractivity contribution in [3.8, 4) is 0 Å². The second-order valence-electron chi connectivity index (χ2n) is 7.66. The lowest BCUT2D eigenvalue weighted by molar-refractivity contribution is 0.0933. The van der Waals surface area contributed by atoms with E-state index in [-0.39, 0.29) is 37.7 Å². The van der Waals surface area contributed by atoms with E-state index in [0.29, 0.717) is 15.7 Å². The van der Waals surface area contributed by atoms with Crippen LogP contribution in [0.3, 0.4) is 0 Å². The van der Waals surface area contributed by atoms with Crippen LogP contribution in [0.5, 0.6) is 0 Å². The van der Waals surface area contributed by atoms with Crippen molar-refractivity contribution in [1.82, 2.24) is 14.2 Å². The first-order chi connectivity index (χ1) is 16.2. The molecule has 1 saturated heterocycles. The molecule has 0 saturated carbocycles. The highest BCUT2D eigenvalue weighted by Crippen LogP contribution is 2.31. The second-order valence-corrected chi connectivity index (χ2v) is 11.1. The first kappa shape index (κ1) is 24.4. The maximum atomic E-state index is 13.0. The Morgan fingerprint density at radius 1 is 1.15 bits per heavy atom. The molecule has 9 nitrogen and oxygen atoms in total. The predicted molar refractivity (Wildman–Crippen MR) is 131 cm³/mol. The highest BCUT2D eigenvalue weighted by Gasteiger charge is 2.30. The first-order valence-electron chi connectivity index (χ1n) is 10.6. The number of nitrogens with zero attached hydrogens (tertiary/aromatic N) is 3. The van der Waals surface area contributed by atoms with Crippen LogP contribution in [0.1, 0.15) is 22.8 Å². The molecule has 0 atom stereocenters. The predicted octanol–water partition coefficient (Wildman–Crippen LogP) is 3.97. The number of sulfonamides is 1. The summed E-state index contributed by atoms with van der Waals surface area (Å²) in [5.74, 6) is -0.394. The Labute approximate surface area is 206 Å². The number of fused-ring (bicyclic) bond motifs is 1. The Morgan fingerprint density at radius 2 is 1.82 bits per heavy atom. The van der Waals surface area contributed by atoms with Gasteiger partial charge in [0.1, 0.15) is 0 Å². The average Bonchev–Trinajstić information content (AvgIpc) is 3.22. The summed E-state index contributed by atoms with van der Waals surface area (Å²) in [6, 6.07) is 9.35. The van der Waals surface area contributed by atoms with E-state index >= 15 is 0 Å². The molecule has 34 heavy (non-hydrogen) atoms. The van der Waals surface area contributed by atoms with Crippen LogP contribution in [0.4, 0.5) is 9.93 Å². The zero-order valence-electron chi connectivity index (χ0n) is 18.6. The second kappa shape index (κ2) is 9.87. The minimum atomic E-state index is -3.75. The quantitative estimate of drug-likeness (QED) is 0.543. The van der Waals surface area contributed by atoms with Crippen molar-refractivity contribution in [1.29, 1.82) is 0 Å². The lowest BCUT2D eigenvalue weighted by atomic mass is 10.2. The summed E-state index contributed by atoms with van der Waals surface area (Å²) in [5.41, 5.74) is 1.99. The number of aromatic nitrogens is 1. The number of aryl methyl sites for hydroxylation is 1. The maximum absolute atomic E-state index is 13.0. The van der Waals surface area contributed by atoms with Crippen LogP contribution in [0, 0.1) is 6.92 Å². The smallest absolute Gasteiger partial charge is 0.409 e. The molecule has 1 N–H and O–H groups in total. The number of nitrogens with one attached hydrogen (secondary N) is 1. The molecule has 12 heteroatoms. The fourth-order valence-electron chi connectivity index (χ4n) is 3.63. The molecule has 180 valence electrons. The van der Waals surface area contributed by atoms with Crippen LogP contribution in [-0.2, 0) is 14.8 Å². The van der Waals surface area contributed by atoms with Crippen molar-refractivity contribution in [3.63, 3.8) is 0 Å². The average molecular weight is 523 g/mol. The number of hydrogen-bond acceptors (Lipinski definition) is 7. The largest absolute Gasteiger partial charge is 0.450 e. The Bertz CT molecular complexity index is 1330. The normalized spacial score (nSPS) is 14.9. The summed E-state index contributed by atoms with van der Waals surface area (Å²) in [6.45, 7) is 4.74. The zero-order chi connectivity index (χ0) is 24.5. The zero-order valence-corrected chi connectivity index (χ0v) is 21.0. The van der Waals surface area contributed by atoms with Gasteiger partial charge in [-0.25, -0.2) is 18.2 Å². The summed E-state index contributed by atoms with van der Waals surface area (Å²) in [5, 5.41) is 3.79. The number of carbonyl (C=O) groups excluding carboxylic acids is 2. The molecule has 1 aliphatic heterocycles. The van der Waals surface area contributed by atoms with Gasteiger partial charge >= 0.3 is 6.09 Å². The summed E-state index contributed by atoms with van der Waals surface area (Å²) in [7, 11) is -3.75. The van der Waals surface area contributed by atoms with E-state index < -0.39 is 22.0 Å².